The molecule has 0 spiro atoms. The Morgan fingerprint density at radius 2 is 1.77 bits per heavy atom. The second-order valence-corrected chi connectivity index (χ2v) is 8.61. The zero-order valence-electron chi connectivity index (χ0n) is 17.4. The lowest BCUT2D eigenvalue weighted by molar-refractivity contribution is -0.116. The maximum atomic E-state index is 12.5. The SMILES string of the molecule is CCOC(=O)c1ccc2nc(NC(=O)CCC(=O)c3ccc4c(c3)CCCC4)sc2c1. The Morgan fingerprint density at radius 1 is 1.00 bits per heavy atom. The molecule has 0 radical (unpaired) electrons. The number of carbonyl (C=O) groups excluding carboxylic acids is 3. The van der Waals surface area contributed by atoms with Crippen molar-refractivity contribution in [3.8, 4) is 0 Å². The Bertz CT molecular complexity index is 1150. The molecule has 1 aliphatic rings. The minimum Gasteiger partial charge on any atom is -0.462 e. The van der Waals surface area contributed by atoms with Crippen molar-refractivity contribution < 1.29 is 19.1 Å². The molecule has 1 heterocycles. The first kappa shape index (κ1) is 21.2. The van der Waals surface area contributed by atoms with Crippen molar-refractivity contribution in [2.45, 2.75) is 45.4 Å². The highest BCUT2D eigenvalue weighted by molar-refractivity contribution is 7.22. The third-order valence-corrected chi connectivity index (χ3v) is 6.33. The van der Waals surface area contributed by atoms with E-state index < -0.39 is 0 Å². The summed E-state index contributed by atoms with van der Waals surface area (Å²) in [7, 11) is 0. The number of fused-ring (bicyclic) bond motifs is 2. The summed E-state index contributed by atoms with van der Waals surface area (Å²) in [5.41, 5.74) is 4.42. The molecular formula is C24H24N2O4S. The summed E-state index contributed by atoms with van der Waals surface area (Å²) >= 11 is 1.29. The van der Waals surface area contributed by atoms with Gasteiger partial charge in [0, 0.05) is 18.4 Å². The Balaban J connectivity index is 1.35. The van der Waals surface area contributed by atoms with Crippen LogP contribution in [0.4, 0.5) is 5.13 Å². The predicted octanol–water partition coefficient (Wildman–Crippen LogP) is 4.95. The fraction of sp³-hybridized carbons (Fsp3) is 0.333. The fourth-order valence-corrected chi connectivity index (χ4v) is 4.70. The van der Waals surface area contributed by atoms with Gasteiger partial charge >= 0.3 is 5.97 Å². The number of esters is 1. The smallest absolute Gasteiger partial charge is 0.338 e. The van der Waals surface area contributed by atoms with Gasteiger partial charge in [-0.2, -0.15) is 0 Å². The van der Waals surface area contributed by atoms with Crippen molar-refractivity contribution in [1.29, 1.82) is 0 Å². The second-order valence-electron chi connectivity index (χ2n) is 7.58. The van der Waals surface area contributed by atoms with Crippen molar-refractivity contribution in [1.82, 2.24) is 4.98 Å². The van der Waals surface area contributed by atoms with Crippen molar-refractivity contribution in [3.63, 3.8) is 0 Å². The molecule has 0 aliphatic heterocycles. The molecular weight excluding hydrogens is 412 g/mol. The average Bonchev–Trinajstić information content (AvgIpc) is 3.18. The molecule has 1 N–H and O–H groups in total. The molecule has 1 aliphatic carbocycles. The number of rotatable bonds is 7. The number of hydrogen-bond acceptors (Lipinski definition) is 6. The van der Waals surface area contributed by atoms with E-state index in [1.807, 2.05) is 18.2 Å². The molecule has 1 aromatic heterocycles. The monoisotopic (exact) mass is 436 g/mol. The summed E-state index contributed by atoms with van der Waals surface area (Å²) in [6.45, 7) is 2.07. The summed E-state index contributed by atoms with van der Waals surface area (Å²) < 4.78 is 5.80. The quantitative estimate of drug-likeness (QED) is 0.418. The normalized spacial score (nSPS) is 12.9. The van der Waals surface area contributed by atoms with E-state index in [9.17, 15) is 14.4 Å². The number of amides is 1. The number of thiazole rings is 1. The lowest BCUT2D eigenvalue weighted by Crippen LogP contribution is -2.13. The molecule has 0 fully saturated rings. The van der Waals surface area contributed by atoms with Gasteiger partial charge in [-0.3, -0.25) is 9.59 Å². The van der Waals surface area contributed by atoms with E-state index >= 15 is 0 Å². The number of benzene rings is 2. The number of carbonyl (C=O) groups is 3. The fourth-order valence-electron chi connectivity index (χ4n) is 3.78. The van der Waals surface area contributed by atoms with Crippen molar-refractivity contribution in [2.75, 3.05) is 11.9 Å². The van der Waals surface area contributed by atoms with Crippen LogP contribution in [0.5, 0.6) is 0 Å². The summed E-state index contributed by atoms with van der Waals surface area (Å²) in [5, 5.41) is 3.21. The molecule has 2 aromatic carbocycles. The number of anilines is 1. The number of ether oxygens (including phenoxy) is 1. The van der Waals surface area contributed by atoms with Crippen LogP contribution < -0.4 is 5.32 Å². The average molecular weight is 437 g/mol. The summed E-state index contributed by atoms with van der Waals surface area (Å²) in [6.07, 6.45) is 4.72. The highest BCUT2D eigenvalue weighted by Crippen LogP contribution is 2.27. The first-order valence-electron chi connectivity index (χ1n) is 10.6. The minimum atomic E-state index is -0.385. The molecule has 6 nitrogen and oxygen atoms in total. The Morgan fingerprint density at radius 3 is 2.58 bits per heavy atom. The van der Waals surface area contributed by atoms with E-state index in [4.69, 9.17) is 4.74 Å². The van der Waals surface area contributed by atoms with Gasteiger partial charge in [-0.15, -0.1) is 0 Å². The van der Waals surface area contributed by atoms with Gasteiger partial charge in [0.1, 0.15) is 0 Å². The van der Waals surface area contributed by atoms with Gasteiger partial charge in [0.2, 0.25) is 5.91 Å². The molecule has 0 unspecified atom stereocenters. The lowest BCUT2D eigenvalue weighted by Gasteiger charge is -2.16. The largest absolute Gasteiger partial charge is 0.462 e. The number of ketones is 1. The Kier molecular flexibility index (Phi) is 6.42. The first-order valence-corrected chi connectivity index (χ1v) is 11.4. The van der Waals surface area contributed by atoms with Gasteiger partial charge in [-0.25, -0.2) is 9.78 Å². The number of aryl methyl sites for hydroxylation is 2. The van der Waals surface area contributed by atoms with Crippen LogP contribution in [0.15, 0.2) is 36.4 Å². The van der Waals surface area contributed by atoms with Gasteiger partial charge in [0.05, 0.1) is 22.4 Å². The zero-order chi connectivity index (χ0) is 21.8. The molecule has 0 saturated heterocycles. The summed E-state index contributed by atoms with van der Waals surface area (Å²) in [5.74, 6) is -0.660. The molecule has 160 valence electrons. The number of nitrogens with zero attached hydrogens (tertiary/aromatic N) is 1. The van der Waals surface area contributed by atoms with Gasteiger partial charge in [-0.1, -0.05) is 23.5 Å². The van der Waals surface area contributed by atoms with Crippen LogP contribution in [0, 0.1) is 0 Å². The van der Waals surface area contributed by atoms with Gasteiger partial charge in [0.25, 0.3) is 0 Å². The van der Waals surface area contributed by atoms with Crippen LogP contribution in [-0.2, 0) is 22.4 Å². The zero-order valence-corrected chi connectivity index (χ0v) is 18.2. The summed E-state index contributed by atoms with van der Waals surface area (Å²) in [6, 6.07) is 11.0. The second kappa shape index (κ2) is 9.39. The molecule has 0 bridgehead atoms. The Labute approximate surface area is 184 Å². The topological polar surface area (TPSA) is 85.4 Å². The first-order chi connectivity index (χ1) is 15.0. The molecule has 31 heavy (non-hydrogen) atoms. The Hall–Kier alpha value is -3.06. The van der Waals surface area contributed by atoms with E-state index in [0.717, 1.165) is 24.0 Å². The molecule has 0 atom stereocenters. The van der Waals surface area contributed by atoms with Crippen LogP contribution in [0.3, 0.4) is 0 Å². The van der Waals surface area contributed by atoms with Gasteiger partial charge < -0.3 is 10.1 Å². The number of hydrogen-bond donors (Lipinski definition) is 1. The third kappa shape index (κ3) is 4.99. The maximum Gasteiger partial charge on any atom is 0.338 e. The highest BCUT2D eigenvalue weighted by atomic mass is 32.1. The van der Waals surface area contributed by atoms with Crippen molar-refractivity contribution in [2.24, 2.45) is 0 Å². The third-order valence-electron chi connectivity index (χ3n) is 5.40. The van der Waals surface area contributed by atoms with E-state index in [1.54, 1.807) is 25.1 Å². The molecule has 3 aromatic rings. The van der Waals surface area contributed by atoms with Crippen molar-refractivity contribution >= 4 is 44.3 Å². The van der Waals surface area contributed by atoms with Gasteiger partial charge in [-0.05, 0) is 68.0 Å². The molecule has 4 rings (SSSR count). The van der Waals surface area contributed by atoms with Crippen LogP contribution in [-0.4, -0.2) is 29.3 Å². The minimum absolute atomic E-state index is 0.0214. The highest BCUT2D eigenvalue weighted by Gasteiger charge is 2.15. The predicted molar refractivity (Wildman–Crippen MR) is 121 cm³/mol. The number of nitrogens with one attached hydrogen (secondary N) is 1. The van der Waals surface area contributed by atoms with E-state index in [0.29, 0.717) is 28.4 Å². The maximum absolute atomic E-state index is 12.5. The molecule has 0 saturated carbocycles. The number of Topliss-reactive ketones (excluding diaryl/α,β-unsaturated/α-hetero) is 1. The molecule has 1 amide bonds. The van der Waals surface area contributed by atoms with Gasteiger partial charge in [0.15, 0.2) is 10.9 Å². The summed E-state index contributed by atoms with van der Waals surface area (Å²) in [4.78, 5) is 41.2. The van der Waals surface area contributed by atoms with Crippen molar-refractivity contribution in [3.05, 3.63) is 58.7 Å². The molecule has 7 heteroatoms. The van der Waals surface area contributed by atoms with Crippen LogP contribution in [0.1, 0.15) is 64.4 Å². The lowest BCUT2D eigenvalue weighted by atomic mass is 9.89. The van der Waals surface area contributed by atoms with Crippen LogP contribution in [0.2, 0.25) is 0 Å². The number of aromatic nitrogens is 1. The van der Waals surface area contributed by atoms with E-state index in [1.165, 1.54) is 28.9 Å². The van der Waals surface area contributed by atoms with Crippen LogP contribution >= 0.6 is 11.3 Å². The van der Waals surface area contributed by atoms with E-state index in [2.05, 4.69) is 10.3 Å². The standard InChI is InChI=1S/C24H24N2O4S/c1-2-30-23(29)18-9-10-19-21(14-18)31-24(25-19)26-22(28)12-11-20(27)17-8-7-15-5-3-4-6-16(15)13-17/h7-10,13-14H,2-6,11-12H2,1H3,(H,25,26,28). The van der Waals surface area contributed by atoms with Crippen LogP contribution in [0.25, 0.3) is 10.2 Å². The van der Waals surface area contributed by atoms with E-state index in [-0.39, 0.29) is 30.5 Å².